The van der Waals surface area contributed by atoms with E-state index in [1.165, 1.54) is 6.07 Å². The Morgan fingerprint density at radius 2 is 1.85 bits per heavy atom. The molecule has 1 unspecified atom stereocenters. The van der Waals surface area contributed by atoms with Crippen LogP contribution in [0.25, 0.3) is 0 Å². The van der Waals surface area contributed by atoms with Crippen molar-refractivity contribution in [3.8, 4) is 5.75 Å². The first-order valence-corrected chi connectivity index (χ1v) is 6.55. The van der Waals surface area contributed by atoms with Gasteiger partial charge in [0.05, 0.1) is 12.6 Å². The molecule has 0 spiro atoms. The third-order valence-electron chi connectivity index (χ3n) is 3.02. The molecule has 0 heterocycles. The Hall–Kier alpha value is -1.94. The van der Waals surface area contributed by atoms with Crippen LogP contribution < -0.4 is 10.5 Å². The molecule has 0 bridgehead atoms. The Labute approximate surface area is 117 Å². The van der Waals surface area contributed by atoms with Crippen molar-refractivity contribution in [3.05, 3.63) is 65.2 Å². The summed E-state index contributed by atoms with van der Waals surface area (Å²) in [5.74, 6) is -1.10. The number of halogens is 2. The van der Waals surface area contributed by atoms with Gasteiger partial charge in [-0.2, -0.15) is 0 Å². The molecule has 0 aliphatic heterocycles. The van der Waals surface area contributed by atoms with Crippen molar-refractivity contribution < 1.29 is 13.5 Å². The van der Waals surface area contributed by atoms with Crippen molar-refractivity contribution in [2.45, 2.75) is 19.4 Å². The highest BCUT2D eigenvalue weighted by atomic mass is 19.2. The number of hydrogen-bond acceptors (Lipinski definition) is 2. The molecule has 20 heavy (non-hydrogen) atoms. The van der Waals surface area contributed by atoms with Crippen molar-refractivity contribution in [1.29, 1.82) is 0 Å². The van der Waals surface area contributed by atoms with Crippen molar-refractivity contribution in [2.75, 3.05) is 6.61 Å². The van der Waals surface area contributed by atoms with Crippen LogP contribution in [0.4, 0.5) is 8.78 Å². The summed E-state index contributed by atoms with van der Waals surface area (Å²) in [5, 5.41) is 0. The second-order valence-corrected chi connectivity index (χ2v) is 4.54. The summed E-state index contributed by atoms with van der Waals surface area (Å²) in [6.07, 6.45) is 0.884. The number of hydrogen-bond donors (Lipinski definition) is 1. The van der Waals surface area contributed by atoms with E-state index in [-0.39, 0.29) is 0 Å². The van der Waals surface area contributed by atoms with Crippen LogP contribution in [0.1, 0.15) is 30.5 Å². The van der Waals surface area contributed by atoms with Gasteiger partial charge in [-0.15, -0.1) is 0 Å². The van der Waals surface area contributed by atoms with Gasteiger partial charge in [-0.1, -0.05) is 31.2 Å². The summed E-state index contributed by atoms with van der Waals surface area (Å²) in [7, 11) is 0. The molecule has 1 atom stereocenters. The van der Waals surface area contributed by atoms with Crippen LogP contribution in [0.5, 0.6) is 5.75 Å². The highest BCUT2D eigenvalue weighted by molar-refractivity contribution is 5.41. The fraction of sp³-hybridized carbons (Fsp3) is 0.250. The third-order valence-corrected chi connectivity index (χ3v) is 3.02. The zero-order chi connectivity index (χ0) is 14.5. The molecule has 0 amide bonds. The standard InChI is InChI=1S/C16H17F2NO/c1-2-9-20-15-6-4-3-5-12(15)16(19)11-7-8-13(17)14(18)10-11/h3-8,10,16H,2,9,19H2,1H3. The van der Waals surface area contributed by atoms with E-state index in [4.69, 9.17) is 10.5 Å². The van der Waals surface area contributed by atoms with E-state index in [0.717, 1.165) is 24.1 Å². The Kier molecular flexibility index (Phi) is 4.69. The van der Waals surface area contributed by atoms with E-state index in [1.807, 2.05) is 31.2 Å². The Morgan fingerprint density at radius 3 is 2.55 bits per heavy atom. The van der Waals surface area contributed by atoms with Gasteiger partial charge >= 0.3 is 0 Å². The van der Waals surface area contributed by atoms with Gasteiger partial charge in [0.1, 0.15) is 5.75 Å². The Morgan fingerprint density at radius 1 is 1.10 bits per heavy atom. The largest absolute Gasteiger partial charge is 0.493 e. The van der Waals surface area contributed by atoms with Crippen LogP contribution in [0.3, 0.4) is 0 Å². The van der Waals surface area contributed by atoms with E-state index < -0.39 is 17.7 Å². The smallest absolute Gasteiger partial charge is 0.159 e. The second kappa shape index (κ2) is 6.48. The fourth-order valence-electron chi connectivity index (χ4n) is 1.97. The van der Waals surface area contributed by atoms with E-state index in [9.17, 15) is 8.78 Å². The zero-order valence-corrected chi connectivity index (χ0v) is 11.3. The van der Waals surface area contributed by atoms with Gasteiger partial charge in [-0.25, -0.2) is 8.78 Å². The van der Waals surface area contributed by atoms with E-state index in [2.05, 4.69) is 0 Å². The van der Waals surface area contributed by atoms with Gasteiger partial charge < -0.3 is 10.5 Å². The van der Waals surface area contributed by atoms with E-state index >= 15 is 0 Å². The Bertz CT molecular complexity index is 586. The van der Waals surface area contributed by atoms with Crippen LogP contribution >= 0.6 is 0 Å². The summed E-state index contributed by atoms with van der Waals surface area (Å²) in [5.41, 5.74) is 7.41. The highest BCUT2D eigenvalue weighted by Crippen LogP contribution is 2.29. The maximum absolute atomic E-state index is 13.3. The topological polar surface area (TPSA) is 35.2 Å². The van der Waals surface area contributed by atoms with Gasteiger partial charge in [0, 0.05) is 5.56 Å². The molecule has 2 rings (SSSR count). The predicted octanol–water partition coefficient (Wildman–Crippen LogP) is 3.80. The highest BCUT2D eigenvalue weighted by Gasteiger charge is 2.15. The monoisotopic (exact) mass is 277 g/mol. The summed E-state index contributed by atoms with van der Waals surface area (Å²) in [6.45, 7) is 2.60. The predicted molar refractivity (Wildman–Crippen MR) is 74.6 cm³/mol. The average molecular weight is 277 g/mol. The maximum Gasteiger partial charge on any atom is 0.159 e. The molecule has 0 fully saturated rings. The van der Waals surface area contributed by atoms with Crippen LogP contribution in [-0.4, -0.2) is 6.61 Å². The molecule has 2 aromatic carbocycles. The van der Waals surface area contributed by atoms with Gasteiger partial charge in [0.25, 0.3) is 0 Å². The molecule has 106 valence electrons. The van der Waals surface area contributed by atoms with Gasteiger partial charge in [-0.3, -0.25) is 0 Å². The SMILES string of the molecule is CCCOc1ccccc1C(N)c1ccc(F)c(F)c1. The van der Waals surface area contributed by atoms with Crippen molar-refractivity contribution >= 4 is 0 Å². The number of nitrogens with two attached hydrogens (primary N) is 1. The molecule has 0 saturated carbocycles. The first-order chi connectivity index (χ1) is 9.63. The lowest BCUT2D eigenvalue weighted by Gasteiger charge is -2.17. The third kappa shape index (κ3) is 3.14. The summed E-state index contributed by atoms with van der Waals surface area (Å²) >= 11 is 0. The van der Waals surface area contributed by atoms with Crippen molar-refractivity contribution in [1.82, 2.24) is 0 Å². The van der Waals surface area contributed by atoms with E-state index in [1.54, 1.807) is 0 Å². The molecule has 2 nitrogen and oxygen atoms in total. The average Bonchev–Trinajstić information content (AvgIpc) is 2.47. The molecular formula is C16H17F2NO. The van der Waals surface area contributed by atoms with Crippen molar-refractivity contribution in [2.24, 2.45) is 5.73 Å². The normalized spacial score (nSPS) is 12.2. The Balaban J connectivity index is 2.32. The van der Waals surface area contributed by atoms with Gasteiger partial charge in [-0.05, 0) is 30.2 Å². The fourth-order valence-corrected chi connectivity index (χ4v) is 1.97. The summed E-state index contributed by atoms with van der Waals surface area (Å²) in [6, 6.07) is 10.5. The molecule has 2 N–H and O–H groups in total. The van der Waals surface area contributed by atoms with Crippen LogP contribution in [0.15, 0.2) is 42.5 Å². The quantitative estimate of drug-likeness (QED) is 0.902. The molecule has 0 saturated heterocycles. The molecule has 0 radical (unpaired) electrons. The first kappa shape index (κ1) is 14.5. The van der Waals surface area contributed by atoms with Gasteiger partial charge in [0.2, 0.25) is 0 Å². The molecular weight excluding hydrogens is 260 g/mol. The number of ether oxygens (including phenoxy) is 1. The van der Waals surface area contributed by atoms with E-state index in [0.29, 0.717) is 17.9 Å². The van der Waals surface area contributed by atoms with Crippen LogP contribution in [0.2, 0.25) is 0 Å². The molecule has 0 aliphatic carbocycles. The maximum atomic E-state index is 13.3. The lowest BCUT2D eigenvalue weighted by atomic mass is 9.98. The number of para-hydroxylation sites is 1. The zero-order valence-electron chi connectivity index (χ0n) is 11.3. The number of rotatable bonds is 5. The summed E-state index contributed by atoms with van der Waals surface area (Å²) in [4.78, 5) is 0. The number of benzene rings is 2. The van der Waals surface area contributed by atoms with Crippen molar-refractivity contribution in [3.63, 3.8) is 0 Å². The van der Waals surface area contributed by atoms with Crippen LogP contribution in [0, 0.1) is 11.6 Å². The minimum absolute atomic E-state index is 0.511. The van der Waals surface area contributed by atoms with Crippen LogP contribution in [-0.2, 0) is 0 Å². The first-order valence-electron chi connectivity index (χ1n) is 6.55. The van der Waals surface area contributed by atoms with Gasteiger partial charge in [0.15, 0.2) is 11.6 Å². The second-order valence-electron chi connectivity index (χ2n) is 4.54. The summed E-state index contributed by atoms with van der Waals surface area (Å²) < 4.78 is 31.9. The minimum Gasteiger partial charge on any atom is -0.493 e. The molecule has 0 aliphatic rings. The molecule has 2 aromatic rings. The molecule has 0 aromatic heterocycles. The molecule has 4 heteroatoms. The minimum atomic E-state index is -0.898. The lowest BCUT2D eigenvalue weighted by molar-refractivity contribution is 0.313. The lowest BCUT2D eigenvalue weighted by Crippen LogP contribution is -2.14.